The van der Waals surface area contributed by atoms with Crippen LogP contribution >= 0.6 is 0 Å². The lowest BCUT2D eigenvalue weighted by Crippen LogP contribution is -2.10. The summed E-state index contributed by atoms with van der Waals surface area (Å²) in [4.78, 5) is 6.53. The molecule has 0 saturated carbocycles. The minimum absolute atomic E-state index is 0.644. The summed E-state index contributed by atoms with van der Waals surface area (Å²) < 4.78 is 5.12. The average Bonchev–Trinajstić information content (AvgIpc) is 2.46. The fourth-order valence-electron chi connectivity index (χ4n) is 1.96. The van der Waals surface area contributed by atoms with E-state index in [1.54, 1.807) is 7.11 Å². The van der Waals surface area contributed by atoms with Gasteiger partial charge in [0, 0.05) is 18.3 Å². The number of ether oxygens (including phenoxy) is 1. The molecule has 106 valence electrons. The maximum atomic E-state index is 5.12. The monoisotopic (exact) mass is 271 g/mol. The van der Waals surface area contributed by atoms with Gasteiger partial charge < -0.3 is 15.0 Å². The molecule has 0 aliphatic carbocycles. The molecule has 1 aromatic heterocycles. The van der Waals surface area contributed by atoms with Crippen LogP contribution in [0.3, 0.4) is 0 Å². The summed E-state index contributed by atoms with van der Waals surface area (Å²) in [7, 11) is 5.77. The molecular weight excluding hydrogens is 250 g/mol. The van der Waals surface area contributed by atoms with E-state index in [2.05, 4.69) is 53.6 Å². The molecule has 0 spiro atoms. The Morgan fingerprint density at radius 2 is 1.85 bits per heavy atom. The minimum Gasteiger partial charge on any atom is -0.481 e. The molecule has 0 radical (unpaired) electrons. The Kier molecular flexibility index (Phi) is 4.96. The normalized spacial score (nSPS) is 10.6. The predicted molar refractivity (Wildman–Crippen MR) is 81.9 cm³/mol. The van der Waals surface area contributed by atoms with Crippen molar-refractivity contribution < 1.29 is 4.74 Å². The van der Waals surface area contributed by atoms with Crippen molar-refractivity contribution in [2.75, 3.05) is 26.5 Å². The summed E-state index contributed by atoms with van der Waals surface area (Å²) in [5.41, 5.74) is 3.36. The molecule has 20 heavy (non-hydrogen) atoms. The molecule has 1 N–H and O–H groups in total. The van der Waals surface area contributed by atoms with Gasteiger partial charge >= 0.3 is 0 Å². The van der Waals surface area contributed by atoms with Gasteiger partial charge in [0.15, 0.2) is 0 Å². The van der Waals surface area contributed by atoms with Gasteiger partial charge in [0.05, 0.1) is 19.3 Å². The van der Waals surface area contributed by atoms with Crippen molar-refractivity contribution in [1.82, 2.24) is 9.88 Å². The van der Waals surface area contributed by atoms with Gasteiger partial charge in [-0.05, 0) is 37.9 Å². The number of hydrogen-bond donors (Lipinski definition) is 1. The Labute approximate surface area is 120 Å². The lowest BCUT2D eigenvalue weighted by atomic mass is 10.2. The van der Waals surface area contributed by atoms with Crippen molar-refractivity contribution >= 4 is 5.69 Å². The molecule has 0 saturated heterocycles. The molecule has 0 bridgehead atoms. The van der Waals surface area contributed by atoms with Gasteiger partial charge in [-0.3, -0.25) is 0 Å². The minimum atomic E-state index is 0.644. The number of aromatic nitrogens is 1. The molecule has 0 unspecified atom stereocenters. The fraction of sp³-hybridized carbons (Fsp3) is 0.312. The van der Waals surface area contributed by atoms with E-state index in [1.165, 1.54) is 5.56 Å². The second kappa shape index (κ2) is 6.91. The summed E-state index contributed by atoms with van der Waals surface area (Å²) in [5, 5.41) is 3.36. The first-order chi connectivity index (χ1) is 9.67. The third-order valence-corrected chi connectivity index (χ3v) is 2.92. The molecule has 1 heterocycles. The number of nitrogens with zero attached hydrogens (tertiary/aromatic N) is 2. The number of methoxy groups -OCH3 is 1. The van der Waals surface area contributed by atoms with Gasteiger partial charge in [-0.15, -0.1) is 0 Å². The lowest BCUT2D eigenvalue weighted by Gasteiger charge is -2.11. The van der Waals surface area contributed by atoms with Crippen LogP contribution in [0.5, 0.6) is 5.88 Å². The van der Waals surface area contributed by atoms with Gasteiger partial charge in [-0.2, -0.15) is 0 Å². The Morgan fingerprint density at radius 3 is 2.50 bits per heavy atom. The van der Waals surface area contributed by atoms with Crippen LogP contribution in [0.25, 0.3) is 0 Å². The van der Waals surface area contributed by atoms with Crippen molar-refractivity contribution in [3.05, 3.63) is 53.7 Å². The second-order valence-electron chi connectivity index (χ2n) is 4.96. The Balaban J connectivity index is 1.93. The van der Waals surface area contributed by atoms with E-state index in [4.69, 9.17) is 4.74 Å². The van der Waals surface area contributed by atoms with Crippen LogP contribution in [0, 0.1) is 0 Å². The number of rotatable bonds is 6. The summed E-state index contributed by atoms with van der Waals surface area (Å²) in [6.45, 7) is 1.64. The van der Waals surface area contributed by atoms with Crippen LogP contribution in [0.1, 0.15) is 11.3 Å². The SMILES string of the molecule is COc1cccc(CNc2ccc(CN(C)C)cc2)n1. The van der Waals surface area contributed by atoms with Crippen molar-refractivity contribution in [3.63, 3.8) is 0 Å². The Bertz CT molecular complexity index is 538. The zero-order chi connectivity index (χ0) is 14.4. The molecule has 2 rings (SSSR count). The zero-order valence-corrected chi connectivity index (χ0v) is 12.3. The number of pyridine rings is 1. The molecule has 1 aromatic carbocycles. The van der Waals surface area contributed by atoms with Crippen molar-refractivity contribution in [3.8, 4) is 5.88 Å². The van der Waals surface area contributed by atoms with E-state index < -0.39 is 0 Å². The van der Waals surface area contributed by atoms with Crippen LogP contribution in [-0.2, 0) is 13.1 Å². The van der Waals surface area contributed by atoms with E-state index in [-0.39, 0.29) is 0 Å². The fourth-order valence-corrected chi connectivity index (χ4v) is 1.96. The van der Waals surface area contributed by atoms with Crippen molar-refractivity contribution in [1.29, 1.82) is 0 Å². The number of benzene rings is 1. The first-order valence-corrected chi connectivity index (χ1v) is 6.65. The number of hydrogen-bond acceptors (Lipinski definition) is 4. The first-order valence-electron chi connectivity index (χ1n) is 6.65. The summed E-state index contributed by atoms with van der Waals surface area (Å²) >= 11 is 0. The van der Waals surface area contributed by atoms with Crippen LogP contribution in [0.15, 0.2) is 42.5 Å². The molecule has 0 amide bonds. The molecule has 0 aliphatic heterocycles. The van der Waals surface area contributed by atoms with Crippen LogP contribution in [0.2, 0.25) is 0 Å². The number of anilines is 1. The van der Waals surface area contributed by atoms with Gasteiger partial charge in [0.1, 0.15) is 0 Å². The van der Waals surface area contributed by atoms with Crippen molar-refractivity contribution in [2.24, 2.45) is 0 Å². The molecule has 0 aliphatic rings. The maximum absolute atomic E-state index is 5.12. The molecule has 2 aromatic rings. The van der Waals surface area contributed by atoms with Gasteiger partial charge in [0.25, 0.3) is 0 Å². The van der Waals surface area contributed by atoms with E-state index in [0.717, 1.165) is 17.9 Å². The van der Waals surface area contributed by atoms with E-state index in [9.17, 15) is 0 Å². The van der Waals surface area contributed by atoms with Crippen LogP contribution in [-0.4, -0.2) is 31.1 Å². The first kappa shape index (κ1) is 14.3. The molecule has 4 heteroatoms. The highest BCUT2D eigenvalue weighted by molar-refractivity contribution is 5.44. The van der Waals surface area contributed by atoms with Gasteiger partial charge in [-0.25, -0.2) is 4.98 Å². The summed E-state index contributed by atoms with van der Waals surface area (Å²) in [5.74, 6) is 0.644. The number of nitrogens with one attached hydrogen (secondary N) is 1. The molecule has 0 atom stereocenters. The van der Waals surface area contributed by atoms with Gasteiger partial charge in [0.2, 0.25) is 5.88 Å². The average molecular weight is 271 g/mol. The van der Waals surface area contributed by atoms with Crippen LogP contribution < -0.4 is 10.1 Å². The highest BCUT2D eigenvalue weighted by Gasteiger charge is 1.99. The second-order valence-corrected chi connectivity index (χ2v) is 4.96. The van der Waals surface area contributed by atoms with Gasteiger partial charge in [-0.1, -0.05) is 18.2 Å². The summed E-state index contributed by atoms with van der Waals surface area (Å²) in [6, 6.07) is 14.2. The third kappa shape index (κ3) is 4.24. The third-order valence-electron chi connectivity index (χ3n) is 2.92. The molecule has 4 nitrogen and oxygen atoms in total. The quantitative estimate of drug-likeness (QED) is 0.876. The van der Waals surface area contributed by atoms with E-state index >= 15 is 0 Å². The predicted octanol–water partition coefficient (Wildman–Crippen LogP) is 2.76. The lowest BCUT2D eigenvalue weighted by molar-refractivity contribution is 0.396. The van der Waals surface area contributed by atoms with E-state index in [0.29, 0.717) is 12.4 Å². The Hall–Kier alpha value is -2.07. The molecule has 0 fully saturated rings. The largest absolute Gasteiger partial charge is 0.481 e. The standard InChI is InChI=1S/C16H21N3O/c1-19(2)12-13-7-9-14(10-8-13)17-11-15-5-4-6-16(18-15)20-3/h4-10,17H,11-12H2,1-3H3. The topological polar surface area (TPSA) is 37.4 Å². The smallest absolute Gasteiger partial charge is 0.213 e. The van der Waals surface area contributed by atoms with E-state index in [1.807, 2.05) is 18.2 Å². The highest BCUT2D eigenvalue weighted by Crippen LogP contribution is 2.13. The zero-order valence-electron chi connectivity index (χ0n) is 12.3. The highest BCUT2D eigenvalue weighted by atomic mass is 16.5. The Morgan fingerprint density at radius 1 is 1.10 bits per heavy atom. The maximum Gasteiger partial charge on any atom is 0.213 e. The van der Waals surface area contributed by atoms with Crippen molar-refractivity contribution in [2.45, 2.75) is 13.1 Å². The van der Waals surface area contributed by atoms with Crippen LogP contribution in [0.4, 0.5) is 5.69 Å². The molecular formula is C16H21N3O. The summed E-state index contributed by atoms with van der Waals surface area (Å²) in [6.07, 6.45) is 0.